The van der Waals surface area contributed by atoms with Crippen LogP contribution in [0.4, 0.5) is 10.1 Å². The van der Waals surface area contributed by atoms with Crippen LogP contribution in [0.5, 0.6) is 0 Å². The Labute approximate surface area is 97.9 Å². The molecule has 0 spiro atoms. The monoisotopic (exact) mass is 236 g/mol. The standard InChI is InChI=1S/C12H10ClFN2/c1-7-4-11(15)12(16-6-7)8-2-3-10(14)9(13)5-8/h2-6H,15H2,1H3. The number of aromatic nitrogens is 1. The van der Waals surface area contributed by atoms with Crippen molar-refractivity contribution >= 4 is 17.3 Å². The van der Waals surface area contributed by atoms with Crippen LogP contribution < -0.4 is 5.73 Å². The number of benzene rings is 1. The van der Waals surface area contributed by atoms with Gasteiger partial charge in [-0.2, -0.15) is 0 Å². The first-order valence-corrected chi connectivity index (χ1v) is 5.13. The summed E-state index contributed by atoms with van der Waals surface area (Å²) in [5.74, 6) is -0.448. The first-order valence-electron chi connectivity index (χ1n) is 4.75. The first-order chi connectivity index (χ1) is 7.58. The van der Waals surface area contributed by atoms with Gasteiger partial charge in [0, 0.05) is 11.8 Å². The first kappa shape index (κ1) is 10.9. The largest absolute Gasteiger partial charge is 0.397 e. The Morgan fingerprint density at radius 3 is 2.69 bits per heavy atom. The van der Waals surface area contributed by atoms with Crippen LogP contribution >= 0.6 is 11.6 Å². The molecule has 1 aromatic carbocycles. The molecule has 0 aliphatic carbocycles. The number of halogens is 2. The van der Waals surface area contributed by atoms with Crippen molar-refractivity contribution in [2.24, 2.45) is 0 Å². The van der Waals surface area contributed by atoms with E-state index in [0.717, 1.165) is 5.56 Å². The molecule has 2 nitrogen and oxygen atoms in total. The summed E-state index contributed by atoms with van der Waals surface area (Å²) in [7, 11) is 0. The van der Waals surface area contributed by atoms with Gasteiger partial charge in [-0.3, -0.25) is 4.98 Å². The van der Waals surface area contributed by atoms with Crippen molar-refractivity contribution in [1.29, 1.82) is 0 Å². The maximum Gasteiger partial charge on any atom is 0.141 e. The van der Waals surface area contributed by atoms with E-state index in [1.165, 1.54) is 12.1 Å². The van der Waals surface area contributed by atoms with Gasteiger partial charge in [0.15, 0.2) is 0 Å². The number of nitrogen functional groups attached to an aromatic ring is 1. The maximum absolute atomic E-state index is 13.0. The smallest absolute Gasteiger partial charge is 0.141 e. The van der Waals surface area contributed by atoms with Crippen molar-refractivity contribution in [3.8, 4) is 11.3 Å². The predicted octanol–water partition coefficient (Wildman–Crippen LogP) is 3.43. The average Bonchev–Trinajstić information content (AvgIpc) is 2.22. The minimum Gasteiger partial charge on any atom is -0.397 e. The molecule has 4 heteroatoms. The molecule has 0 bridgehead atoms. The van der Waals surface area contributed by atoms with Gasteiger partial charge in [0.2, 0.25) is 0 Å². The third-order valence-electron chi connectivity index (χ3n) is 2.25. The van der Waals surface area contributed by atoms with Crippen LogP contribution in [-0.2, 0) is 0 Å². The van der Waals surface area contributed by atoms with Gasteiger partial charge in [0.05, 0.1) is 16.4 Å². The number of pyridine rings is 1. The number of hydrogen-bond acceptors (Lipinski definition) is 2. The summed E-state index contributed by atoms with van der Waals surface area (Å²) in [6.07, 6.45) is 1.71. The molecule has 1 heterocycles. The fourth-order valence-electron chi connectivity index (χ4n) is 1.48. The third-order valence-corrected chi connectivity index (χ3v) is 2.54. The van der Waals surface area contributed by atoms with Crippen LogP contribution in [0.2, 0.25) is 5.02 Å². The normalized spacial score (nSPS) is 10.4. The molecule has 0 unspecified atom stereocenters. The molecule has 82 valence electrons. The van der Waals surface area contributed by atoms with Crippen LogP contribution in [0.1, 0.15) is 5.56 Å². The highest BCUT2D eigenvalue weighted by Crippen LogP contribution is 2.27. The molecule has 0 radical (unpaired) electrons. The number of nitrogens with zero attached hydrogens (tertiary/aromatic N) is 1. The summed E-state index contributed by atoms with van der Waals surface area (Å²) in [4.78, 5) is 4.21. The molecule has 16 heavy (non-hydrogen) atoms. The molecule has 0 atom stereocenters. The molecule has 0 saturated heterocycles. The van der Waals surface area contributed by atoms with Gasteiger partial charge in [0.25, 0.3) is 0 Å². The van der Waals surface area contributed by atoms with E-state index in [0.29, 0.717) is 16.9 Å². The zero-order valence-electron chi connectivity index (χ0n) is 8.67. The third kappa shape index (κ3) is 1.99. The van der Waals surface area contributed by atoms with Crippen LogP contribution in [0.25, 0.3) is 11.3 Å². The second kappa shape index (κ2) is 4.10. The highest BCUT2D eigenvalue weighted by molar-refractivity contribution is 6.31. The molecule has 0 saturated carbocycles. The Balaban J connectivity index is 2.54. The second-order valence-corrected chi connectivity index (χ2v) is 3.99. The number of hydrogen-bond donors (Lipinski definition) is 1. The van der Waals surface area contributed by atoms with Crippen LogP contribution in [0, 0.1) is 12.7 Å². The van der Waals surface area contributed by atoms with Gasteiger partial charge in [-0.05, 0) is 36.8 Å². The van der Waals surface area contributed by atoms with E-state index in [4.69, 9.17) is 17.3 Å². The molecule has 0 amide bonds. The lowest BCUT2D eigenvalue weighted by Crippen LogP contribution is -1.94. The van der Waals surface area contributed by atoms with Crippen molar-refractivity contribution in [1.82, 2.24) is 4.98 Å². The fourth-order valence-corrected chi connectivity index (χ4v) is 1.66. The average molecular weight is 237 g/mol. The van der Waals surface area contributed by atoms with E-state index in [2.05, 4.69) is 4.98 Å². The van der Waals surface area contributed by atoms with E-state index < -0.39 is 5.82 Å². The van der Waals surface area contributed by atoms with Crippen molar-refractivity contribution in [2.45, 2.75) is 6.92 Å². The predicted molar refractivity (Wildman–Crippen MR) is 63.8 cm³/mol. The van der Waals surface area contributed by atoms with Gasteiger partial charge < -0.3 is 5.73 Å². The van der Waals surface area contributed by atoms with Crippen molar-refractivity contribution in [2.75, 3.05) is 5.73 Å². The minimum atomic E-state index is -0.448. The minimum absolute atomic E-state index is 0.0688. The number of rotatable bonds is 1. The highest BCUT2D eigenvalue weighted by atomic mass is 35.5. The summed E-state index contributed by atoms with van der Waals surface area (Å²) in [6.45, 7) is 1.91. The molecule has 2 aromatic rings. The van der Waals surface area contributed by atoms with E-state index >= 15 is 0 Å². The Morgan fingerprint density at radius 2 is 2.06 bits per heavy atom. The molecule has 0 aliphatic rings. The molecule has 0 fully saturated rings. The number of aryl methyl sites for hydroxylation is 1. The molecule has 2 N–H and O–H groups in total. The fraction of sp³-hybridized carbons (Fsp3) is 0.0833. The van der Waals surface area contributed by atoms with Crippen LogP contribution in [0.15, 0.2) is 30.5 Å². The Kier molecular flexibility index (Phi) is 2.79. The summed E-state index contributed by atoms with van der Waals surface area (Å²) < 4.78 is 13.0. The molecule has 0 aliphatic heterocycles. The number of nitrogens with two attached hydrogens (primary N) is 1. The SMILES string of the molecule is Cc1cnc(-c2ccc(F)c(Cl)c2)c(N)c1. The molecule has 2 rings (SSSR count). The highest BCUT2D eigenvalue weighted by Gasteiger charge is 2.07. The Morgan fingerprint density at radius 1 is 1.31 bits per heavy atom. The van der Waals surface area contributed by atoms with Crippen LogP contribution in [-0.4, -0.2) is 4.98 Å². The van der Waals surface area contributed by atoms with E-state index in [1.54, 1.807) is 12.3 Å². The number of anilines is 1. The van der Waals surface area contributed by atoms with E-state index in [-0.39, 0.29) is 5.02 Å². The summed E-state index contributed by atoms with van der Waals surface area (Å²) in [6, 6.07) is 6.25. The zero-order chi connectivity index (χ0) is 11.7. The maximum atomic E-state index is 13.0. The van der Waals surface area contributed by atoms with Crippen molar-refractivity contribution in [3.05, 3.63) is 46.9 Å². The van der Waals surface area contributed by atoms with Gasteiger partial charge in [-0.15, -0.1) is 0 Å². The van der Waals surface area contributed by atoms with Crippen molar-refractivity contribution in [3.63, 3.8) is 0 Å². The van der Waals surface area contributed by atoms with Gasteiger partial charge >= 0.3 is 0 Å². The molecule has 1 aromatic heterocycles. The lowest BCUT2D eigenvalue weighted by Gasteiger charge is -2.06. The Hall–Kier alpha value is -1.61. The summed E-state index contributed by atoms with van der Waals surface area (Å²) >= 11 is 5.70. The lowest BCUT2D eigenvalue weighted by molar-refractivity contribution is 0.628. The Bertz CT molecular complexity index is 541. The zero-order valence-corrected chi connectivity index (χ0v) is 9.42. The van der Waals surface area contributed by atoms with Gasteiger partial charge in [-0.1, -0.05) is 11.6 Å². The second-order valence-electron chi connectivity index (χ2n) is 3.58. The van der Waals surface area contributed by atoms with Crippen molar-refractivity contribution < 1.29 is 4.39 Å². The van der Waals surface area contributed by atoms with E-state index in [9.17, 15) is 4.39 Å². The summed E-state index contributed by atoms with van der Waals surface area (Å²) in [5, 5.41) is 0.0688. The summed E-state index contributed by atoms with van der Waals surface area (Å²) in [5.41, 5.74) is 8.71. The van der Waals surface area contributed by atoms with Crippen LogP contribution in [0.3, 0.4) is 0 Å². The topological polar surface area (TPSA) is 38.9 Å². The quantitative estimate of drug-likeness (QED) is 0.824. The van der Waals surface area contributed by atoms with Gasteiger partial charge in [0.1, 0.15) is 5.82 Å². The lowest BCUT2D eigenvalue weighted by atomic mass is 10.1. The molecular weight excluding hydrogens is 227 g/mol. The van der Waals surface area contributed by atoms with Gasteiger partial charge in [-0.25, -0.2) is 4.39 Å². The molecular formula is C12H10ClFN2. The van der Waals surface area contributed by atoms with E-state index in [1.807, 2.05) is 13.0 Å².